The number of Topliss-reactive ketones (excluding diaryl/α,β-unsaturated/α-hetero) is 1. The first-order valence-electron chi connectivity index (χ1n) is 9.62. The number of ether oxygens (including phenoxy) is 3. The SMILES string of the molecule is COc1ccc(C(=O)/C(=C\c2cccc(OC)c2OC)c2nc3ccccc3o2)cc1. The number of rotatable bonds is 7. The van der Waals surface area contributed by atoms with Crippen LogP contribution in [0.1, 0.15) is 21.8 Å². The molecule has 4 rings (SSSR count). The van der Waals surface area contributed by atoms with Crippen molar-refractivity contribution >= 4 is 28.5 Å². The van der Waals surface area contributed by atoms with Gasteiger partial charge in [-0.05, 0) is 48.5 Å². The van der Waals surface area contributed by atoms with Gasteiger partial charge in [-0.2, -0.15) is 0 Å². The summed E-state index contributed by atoms with van der Waals surface area (Å²) in [4.78, 5) is 18.0. The number of benzene rings is 3. The maximum absolute atomic E-state index is 13.5. The summed E-state index contributed by atoms with van der Waals surface area (Å²) in [6.45, 7) is 0. The van der Waals surface area contributed by atoms with Crippen LogP contribution in [0.4, 0.5) is 0 Å². The van der Waals surface area contributed by atoms with Crippen LogP contribution in [-0.2, 0) is 0 Å². The summed E-state index contributed by atoms with van der Waals surface area (Å²) < 4.78 is 22.0. The summed E-state index contributed by atoms with van der Waals surface area (Å²) in [5, 5.41) is 0. The lowest BCUT2D eigenvalue weighted by atomic mass is 10.00. The third kappa shape index (κ3) is 4.00. The van der Waals surface area contributed by atoms with E-state index in [1.165, 1.54) is 0 Å². The zero-order chi connectivity index (χ0) is 21.8. The molecule has 156 valence electrons. The minimum Gasteiger partial charge on any atom is -0.497 e. The van der Waals surface area contributed by atoms with Crippen LogP contribution < -0.4 is 14.2 Å². The van der Waals surface area contributed by atoms with E-state index in [4.69, 9.17) is 18.6 Å². The number of ketones is 1. The fourth-order valence-electron chi connectivity index (χ4n) is 3.29. The molecule has 4 aromatic rings. The number of para-hydroxylation sites is 3. The number of hydrogen-bond donors (Lipinski definition) is 0. The third-order valence-corrected chi connectivity index (χ3v) is 4.85. The van der Waals surface area contributed by atoms with E-state index < -0.39 is 0 Å². The van der Waals surface area contributed by atoms with Gasteiger partial charge in [-0.15, -0.1) is 0 Å². The van der Waals surface area contributed by atoms with E-state index >= 15 is 0 Å². The maximum Gasteiger partial charge on any atom is 0.231 e. The highest BCUT2D eigenvalue weighted by Gasteiger charge is 2.21. The van der Waals surface area contributed by atoms with Gasteiger partial charge in [0.1, 0.15) is 11.3 Å². The molecular formula is C25H21NO5. The average Bonchev–Trinajstić information content (AvgIpc) is 3.25. The van der Waals surface area contributed by atoms with E-state index in [1.807, 2.05) is 36.4 Å². The van der Waals surface area contributed by atoms with Crippen LogP contribution in [0.5, 0.6) is 17.2 Å². The van der Waals surface area contributed by atoms with Crippen molar-refractivity contribution in [2.75, 3.05) is 21.3 Å². The Morgan fingerprint density at radius 3 is 2.32 bits per heavy atom. The van der Waals surface area contributed by atoms with Gasteiger partial charge in [0.2, 0.25) is 5.89 Å². The Labute approximate surface area is 179 Å². The van der Waals surface area contributed by atoms with Crippen molar-refractivity contribution in [1.82, 2.24) is 4.98 Å². The van der Waals surface area contributed by atoms with Crippen molar-refractivity contribution in [3.63, 3.8) is 0 Å². The largest absolute Gasteiger partial charge is 0.497 e. The van der Waals surface area contributed by atoms with Crippen molar-refractivity contribution in [2.24, 2.45) is 0 Å². The monoisotopic (exact) mass is 415 g/mol. The number of methoxy groups -OCH3 is 3. The van der Waals surface area contributed by atoms with Gasteiger partial charge in [0, 0.05) is 11.1 Å². The highest BCUT2D eigenvalue weighted by atomic mass is 16.5. The van der Waals surface area contributed by atoms with E-state index in [1.54, 1.807) is 57.7 Å². The molecule has 0 radical (unpaired) electrons. The first-order chi connectivity index (χ1) is 15.1. The zero-order valence-corrected chi connectivity index (χ0v) is 17.4. The Morgan fingerprint density at radius 1 is 0.871 bits per heavy atom. The zero-order valence-electron chi connectivity index (χ0n) is 17.4. The van der Waals surface area contributed by atoms with Gasteiger partial charge in [-0.25, -0.2) is 4.98 Å². The maximum atomic E-state index is 13.5. The molecule has 1 heterocycles. The standard InChI is InChI=1S/C25H21NO5/c1-28-18-13-11-16(12-14-18)23(27)19(25-26-20-8-4-5-9-21(20)31-25)15-17-7-6-10-22(29-2)24(17)30-3/h4-15H,1-3H3/b19-15+. The first-order valence-corrected chi connectivity index (χ1v) is 9.62. The predicted molar refractivity (Wildman–Crippen MR) is 119 cm³/mol. The number of oxazole rings is 1. The Kier molecular flexibility index (Phi) is 5.71. The number of fused-ring (bicyclic) bond motifs is 1. The molecule has 0 amide bonds. The van der Waals surface area contributed by atoms with Crippen molar-refractivity contribution in [3.05, 3.63) is 83.7 Å². The van der Waals surface area contributed by atoms with E-state index in [-0.39, 0.29) is 11.7 Å². The molecule has 0 bridgehead atoms. The second kappa shape index (κ2) is 8.75. The smallest absolute Gasteiger partial charge is 0.231 e. The van der Waals surface area contributed by atoms with Crippen molar-refractivity contribution < 1.29 is 23.4 Å². The molecule has 0 spiro atoms. The van der Waals surface area contributed by atoms with Gasteiger partial charge in [0.05, 0.1) is 26.9 Å². The molecule has 0 saturated carbocycles. The molecular weight excluding hydrogens is 394 g/mol. The number of carbonyl (C=O) groups is 1. The molecule has 0 fully saturated rings. The van der Waals surface area contributed by atoms with E-state index in [0.29, 0.717) is 45.0 Å². The Bertz CT molecular complexity index is 1220. The van der Waals surface area contributed by atoms with Gasteiger partial charge < -0.3 is 18.6 Å². The molecule has 6 heteroatoms. The number of nitrogens with zero attached hydrogens (tertiary/aromatic N) is 1. The van der Waals surface area contributed by atoms with Crippen LogP contribution in [0.25, 0.3) is 22.7 Å². The Balaban J connectivity index is 1.88. The Hall–Kier alpha value is -4.06. The fourth-order valence-corrected chi connectivity index (χ4v) is 3.29. The lowest BCUT2D eigenvalue weighted by Gasteiger charge is -2.11. The van der Waals surface area contributed by atoms with Gasteiger partial charge in [0.25, 0.3) is 0 Å². The minimum atomic E-state index is -0.237. The average molecular weight is 415 g/mol. The summed E-state index contributed by atoms with van der Waals surface area (Å²) in [6, 6.07) is 19.7. The van der Waals surface area contributed by atoms with Gasteiger partial charge in [-0.3, -0.25) is 4.79 Å². The molecule has 0 aliphatic carbocycles. The van der Waals surface area contributed by atoms with Crippen LogP contribution >= 0.6 is 0 Å². The molecule has 3 aromatic carbocycles. The van der Waals surface area contributed by atoms with Crippen LogP contribution in [0.3, 0.4) is 0 Å². The molecule has 6 nitrogen and oxygen atoms in total. The van der Waals surface area contributed by atoms with Crippen LogP contribution in [0.15, 0.2) is 71.1 Å². The summed E-state index contributed by atoms with van der Waals surface area (Å²) in [7, 11) is 4.70. The van der Waals surface area contributed by atoms with Gasteiger partial charge in [-0.1, -0.05) is 24.3 Å². The number of aromatic nitrogens is 1. The molecule has 1 aromatic heterocycles. The molecule has 0 aliphatic heterocycles. The number of hydrogen-bond acceptors (Lipinski definition) is 6. The third-order valence-electron chi connectivity index (χ3n) is 4.85. The minimum absolute atomic E-state index is 0.229. The Morgan fingerprint density at radius 2 is 1.65 bits per heavy atom. The lowest BCUT2D eigenvalue weighted by Crippen LogP contribution is -2.04. The molecule has 0 atom stereocenters. The van der Waals surface area contributed by atoms with Crippen molar-refractivity contribution in [3.8, 4) is 17.2 Å². The fraction of sp³-hybridized carbons (Fsp3) is 0.120. The van der Waals surface area contributed by atoms with Crippen molar-refractivity contribution in [1.29, 1.82) is 0 Å². The molecule has 0 unspecified atom stereocenters. The van der Waals surface area contributed by atoms with Crippen LogP contribution in [0.2, 0.25) is 0 Å². The van der Waals surface area contributed by atoms with E-state index in [2.05, 4.69) is 4.98 Å². The van der Waals surface area contributed by atoms with Crippen LogP contribution in [-0.4, -0.2) is 32.1 Å². The van der Waals surface area contributed by atoms with E-state index in [0.717, 1.165) is 0 Å². The highest BCUT2D eigenvalue weighted by Crippen LogP contribution is 2.34. The number of allylic oxidation sites excluding steroid dienone is 1. The van der Waals surface area contributed by atoms with Crippen LogP contribution in [0, 0.1) is 0 Å². The molecule has 0 N–H and O–H groups in total. The van der Waals surface area contributed by atoms with Gasteiger partial charge >= 0.3 is 0 Å². The quantitative estimate of drug-likeness (QED) is 0.302. The summed E-state index contributed by atoms with van der Waals surface area (Å²) in [6.07, 6.45) is 1.71. The summed E-state index contributed by atoms with van der Waals surface area (Å²) in [5.74, 6) is 1.73. The lowest BCUT2D eigenvalue weighted by molar-refractivity contribution is 0.105. The summed E-state index contributed by atoms with van der Waals surface area (Å²) in [5.41, 5.74) is 2.72. The molecule has 0 saturated heterocycles. The van der Waals surface area contributed by atoms with E-state index in [9.17, 15) is 4.79 Å². The molecule has 31 heavy (non-hydrogen) atoms. The normalized spacial score (nSPS) is 11.4. The second-order valence-electron chi connectivity index (χ2n) is 6.69. The predicted octanol–water partition coefficient (Wildman–Crippen LogP) is 5.28. The summed E-state index contributed by atoms with van der Waals surface area (Å²) >= 11 is 0. The topological polar surface area (TPSA) is 70.8 Å². The highest BCUT2D eigenvalue weighted by molar-refractivity contribution is 6.31. The molecule has 0 aliphatic rings. The second-order valence-corrected chi connectivity index (χ2v) is 6.69. The number of carbonyl (C=O) groups excluding carboxylic acids is 1. The first kappa shape index (κ1) is 20.2. The van der Waals surface area contributed by atoms with Crippen molar-refractivity contribution in [2.45, 2.75) is 0 Å². The van der Waals surface area contributed by atoms with Gasteiger partial charge in [0.15, 0.2) is 22.9 Å².